The predicted octanol–water partition coefficient (Wildman–Crippen LogP) is 3.38. The van der Waals surface area contributed by atoms with Gasteiger partial charge in [-0.3, -0.25) is 0 Å². The predicted molar refractivity (Wildman–Crippen MR) is 132 cm³/mol. The molecule has 1 heterocycles. The van der Waals surface area contributed by atoms with E-state index >= 15 is 0 Å². The molecule has 7 heteroatoms. The molecule has 35 heavy (non-hydrogen) atoms. The topological polar surface area (TPSA) is 109 Å². The van der Waals surface area contributed by atoms with Crippen LogP contribution in [0, 0.1) is 0 Å². The molecule has 4 N–H and O–H groups in total. The van der Waals surface area contributed by atoms with Gasteiger partial charge in [0.1, 0.15) is 35.9 Å². The van der Waals surface area contributed by atoms with Crippen LogP contribution in [0.15, 0.2) is 72.8 Å². The Morgan fingerprint density at radius 1 is 0.686 bits per heavy atom. The van der Waals surface area contributed by atoms with Gasteiger partial charge in [0.05, 0.1) is 13.2 Å². The van der Waals surface area contributed by atoms with Gasteiger partial charge in [0.2, 0.25) is 6.29 Å². The average Bonchev–Trinajstić information content (AvgIpc) is 2.90. The van der Waals surface area contributed by atoms with E-state index in [1.54, 1.807) is 12.1 Å². The van der Waals surface area contributed by atoms with Gasteiger partial charge in [0.25, 0.3) is 0 Å². The number of rotatable bonds is 9. The first-order valence-electron chi connectivity index (χ1n) is 11.9. The molecule has 4 rings (SSSR count). The average molecular weight is 481 g/mol. The maximum atomic E-state index is 10.2. The summed E-state index contributed by atoms with van der Waals surface area (Å²) in [6, 6.07) is 23.6. The smallest absolute Gasteiger partial charge is 0.229 e. The third-order valence-corrected chi connectivity index (χ3v) is 6.13. The maximum absolute atomic E-state index is 10.2. The number of hydrogen-bond donors (Lipinski definition) is 4. The summed E-state index contributed by atoms with van der Waals surface area (Å²) >= 11 is 0. The highest BCUT2D eigenvalue weighted by molar-refractivity contribution is 5.71. The van der Waals surface area contributed by atoms with Crippen molar-refractivity contribution in [3.05, 3.63) is 72.8 Å². The van der Waals surface area contributed by atoms with Crippen molar-refractivity contribution >= 4 is 0 Å². The largest absolute Gasteiger partial charge is 0.494 e. The molecule has 0 bridgehead atoms. The Hall–Kier alpha value is -2.94. The van der Waals surface area contributed by atoms with Crippen LogP contribution < -0.4 is 9.47 Å². The van der Waals surface area contributed by atoms with Crippen molar-refractivity contribution in [2.24, 2.45) is 0 Å². The first-order chi connectivity index (χ1) is 17.0. The monoisotopic (exact) mass is 480 g/mol. The Balaban J connectivity index is 1.39. The van der Waals surface area contributed by atoms with Crippen molar-refractivity contribution in [2.75, 3.05) is 13.2 Å². The van der Waals surface area contributed by atoms with Crippen molar-refractivity contribution in [2.45, 2.75) is 50.5 Å². The van der Waals surface area contributed by atoms with E-state index in [1.807, 2.05) is 24.3 Å². The summed E-state index contributed by atoms with van der Waals surface area (Å²) in [5.74, 6) is 1.31. The van der Waals surface area contributed by atoms with Gasteiger partial charge in [-0.2, -0.15) is 0 Å². The maximum Gasteiger partial charge on any atom is 0.229 e. The molecule has 0 saturated carbocycles. The molecule has 0 spiro atoms. The van der Waals surface area contributed by atoms with Crippen molar-refractivity contribution in [3.63, 3.8) is 0 Å². The van der Waals surface area contributed by atoms with Crippen molar-refractivity contribution < 1.29 is 34.6 Å². The number of ether oxygens (including phenoxy) is 3. The first-order valence-corrected chi connectivity index (χ1v) is 11.9. The molecule has 7 nitrogen and oxygen atoms in total. The fraction of sp³-hybridized carbons (Fsp3) is 0.357. The number of unbranched alkanes of at least 4 members (excludes halogenated alkanes) is 1. The minimum absolute atomic E-state index is 0.427. The zero-order valence-corrected chi connectivity index (χ0v) is 19.7. The molecule has 1 aliphatic heterocycles. The summed E-state index contributed by atoms with van der Waals surface area (Å²) in [5, 5.41) is 39.3. The van der Waals surface area contributed by atoms with Gasteiger partial charge in [-0.05, 0) is 52.9 Å². The molecular weight excluding hydrogens is 448 g/mol. The Kier molecular flexibility index (Phi) is 8.38. The molecule has 3 aromatic carbocycles. The van der Waals surface area contributed by atoms with Crippen LogP contribution in [0.5, 0.6) is 11.5 Å². The van der Waals surface area contributed by atoms with E-state index in [-0.39, 0.29) is 0 Å². The van der Waals surface area contributed by atoms with Crippen LogP contribution in [-0.2, 0) is 4.74 Å². The van der Waals surface area contributed by atoms with Crippen LogP contribution in [0.2, 0.25) is 0 Å². The molecule has 0 aliphatic carbocycles. The zero-order chi connectivity index (χ0) is 24.8. The second-order valence-corrected chi connectivity index (χ2v) is 8.64. The number of aliphatic hydroxyl groups excluding tert-OH is 4. The third kappa shape index (κ3) is 6.01. The van der Waals surface area contributed by atoms with E-state index in [4.69, 9.17) is 14.2 Å². The van der Waals surface area contributed by atoms with Gasteiger partial charge < -0.3 is 34.6 Å². The molecule has 0 aromatic heterocycles. The van der Waals surface area contributed by atoms with E-state index in [9.17, 15) is 20.4 Å². The van der Waals surface area contributed by atoms with Gasteiger partial charge in [-0.1, -0.05) is 61.9 Å². The van der Waals surface area contributed by atoms with E-state index in [1.165, 1.54) is 0 Å². The lowest BCUT2D eigenvalue weighted by molar-refractivity contribution is -0.277. The molecule has 3 aromatic rings. The minimum Gasteiger partial charge on any atom is -0.494 e. The highest BCUT2D eigenvalue weighted by Crippen LogP contribution is 2.29. The Morgan fingerprint density at radius 3 is 1.66 bits per heavy atom. The van der Waals surface area contributed by atoms with Crippen LogP contribution in [0.3, 0.4) is 0 Å². The standard InChI is InChI=1S/C28H32O7/c1-2-3-16-33-22-12-8-20(9-13-22)18-4-6-19(7-5-18)21-10-14-23(15-11-21)34-28-27(32)26(31)25(30)24(17-29)35-28/h4-15,24-32H,2-3,16-17H2,1H3/t24-,25-,26+,27-,28-/m1/s1. The molecule has 0 unspecified atom stereocenters. The van der Waals surface area contributed by atoms with E-state index in [2.05, 4.69) is 43.3 Å². The summed E-state index contributed by atoms with van der Waals surface area (Å²) in [6.45, 7) is 2.37. The van der Waals surface area contributed by atoms with Crippen LogP contribution in [0.25, 0.3) is 22.3 Å². The normalized spacial score (nSPS) is 24.2. The highest BCUT2D eigenvalue weighted by atomic mass is 16.7. The van der Waals surface area contributed by atoms with Gasteiger partial charge >= 0.3 is 0 Å². The number of aliphatic hydroxyl groups is 4. The zero-order valence-electron chi connectivity index (χ0n) is 19.7. The Morgan fingerprint density at radius 2 is 1.17 bits per heavy atom. The Bertz CT molecular complexity index is 1050. The second-order valence-electron chi connectivity index (χ2n) is 8.64. The fourth-order valence-corrected chi connectivity index (χ4v) is 3.96. The van der Waals surface area contributed by atoms with Crippen LogP contribution in [-0.4, -0.2) is 64.3 Å². The molecule has 5 atom stereocenters. The van der Waals surface area contributed by atoms with Crippen LogP contribution in [0.1, 0.15) is 19.8 Å². The highest BCUT2D eigenvalue weighted by Gasteiger charge is 2.44. The first kappa shape index (κ1) is 25.2. The molecule has 1 fully saturated rings. The van der Waals surface area contributed by atoms with Gasteiger partial charge in [-0.25, -0.2) is 0 Å². The molecule has 1 saturated heterocycles. The summed E-state index contributed by atoms with van der Waals surface area (Å²) in [7, 11) is 0. The summed E-state index contributed by atoms with van der Waals surface area (Å²) < 4.78 is 16.8. The molecule has 0 radical (unpaired) electrons. The third-order valence-electron chi connectivity index (χ3n) is 6.13. The lowest BCUT2D eigenvalue weighted by atomic mass is 9.99. The summed E-state index contributed by atoms with van der Waals surface area (Å²) in [6.07, 6.45) is -4.41. The van der Waals surface area contributed by atoms with E-state index in [0.29, 0.717) is 5.75 Å². The Labute approximate surface area is 205 Å². The molecular formula is C28H32O7. The van der Waals surface area contributed by atoms with Crippen LogP contribution >= 0.6 is 0 Å². The van der Waals surface area contributed by atoms with E-state index < -0.39 is 37.3 Å². The SMILES string of the molecule is CCCCOc1ccc(-c2ccc(-c3ccc(O[C@@H]4O[C@H](CO)[C@@H](O)[C@H](O)[C@H]4O)cc3)cc2)cc1. The molecule has 1 aliphatic rings. The lowest BCUT2D eigenvalue weighted by Gasteiger charge is -2.39. The van der Waals surface area contributed by atoms with E-state index in [0.717, 1.165) is 47.5 Å². The van der Waals surface area contributed by atoms with Gasteiger partial charge in [-0.15, -0.1) is 0 Å². The number of benzene rings is 3. The minimum atomic E-state index is -1.48. The van der Waals surface area contributed by atoms with Crippen molar-refractivity contribution in [1.29, 1.82) is 0 Å². The summed E-state index contributed by atoms with van der Waals surface area (Å²) in [4.78, 5) is 0. The second kappa shape index (κ2) is 11.7. The van der Waals surface area contributed by atoms with Gasteiger partial charge in [0, 0.05) is 0 Å². The molecule has 186 valence electrons. The molecule has 0 amide bonds. The van der Waals surface area contributed by atoms with Crippen molar-refractivity contribution in [1.82, 2.24) is 0 Å². The quantitative estimate of drug-likeness (QED) is 0.348. The van der Waals surface area contributed by atoms with Crippen LogP contribution in [0.4, 0.5) is 0 Å². The fourth-order valence-electron chi connectivity index (χ4n) is 3.96. The van der Waals surface area contributed by atoms with Gasteiger partial charge in [0.15, 0.2) is 0 Å². The lowest BCUT2D eigenvalue weighted by Crippen LogP contribution is -2.60. The summed E-state index contributed by atoms with van der Waals surface area (Å²) in [5.41, 5.74) is 4.24. The number of hydrogen-bond acceptors (Lipinski definition) is 7. The van der Waals surface area contributed by atoms with Crippen molar-refractivity contribution in [3.8, 4) is 33.8 Å².